The fourth-order valence-electron chi connectivity index (χ4n) is 3.37. The van der Waals surface area contributed by atoms with Crippen LogP contribution >= 0.6 is 0 Å². The van der Waals surface area contributed by atoms with E-state index in [0.717, 1.165) is 25.3 Å². The molecule has 1 aliphatic rings. The van der Waals surface area contributed by atoms with Crippen molar-refractivity contribution in [3.05, 3.63) is 35.4 Å². The maximum absolute atomic E-state index is 14.1. The number of benzene rings is 1. The average Bonchev–Trinajstić information content (AvgIpc) is 2.46. The zero-order chi connectivity index (χ0) is 16.9. The number of halogens is 2. The van der Waals surface area contributed by atoms with E-state index in [-0.39, 0.29) is 24.0 Å². The second-order valence-corrected chi connectivity index (χ2v) is 6.44. The average molecular weight is 325 g/mol. The van der Waals surface area contributed by atoms with Crippen molar-refractivity contribution < 1.29 is 18.7 Å². The molecule has 0 aromatic heterocycles. The number of hydrogen-bond acceptors (Lipinski definition) is 2. The summed E-state index contributed by atoms with van der Waals surface area (Å²) in [6.45, 7) is 2.64. The molecule has 0 spiro atoms. The minimum Gasteiger partial charge on any atom is -0.396 e. The minimum absolute atomic E-state index is 0.0955. The van der Waals surface area contributed by atoms with Gasteiger partial charge in [0.2, 0.25) is 5.91 Å². The van der Waals surface area contributed by atoms with Gasteiger partial charge in [-0.2, -0.15) is 0 Å². The van der Waals surface area contributed by atoms with Gasteiger partial charge in [0.15, 0.2) is 0 Å². The summed E-state index contributed by atoms with van der Waals surface area (Å²) in [5.41, 5.74) is -0.579. The van der Waals surface area contributed by atoms with Gasteiger partial charge in [-0.25, -0.2) is 8.78 Å². The SMILES string of the molecule is CCCC(CCO)CNC(=O)C1(c2ccc(F)cc2F)CCC1. The summed E-state index contributed by atoms with van der Waals surface area (Å²) in [6.07, 6.45) is 4.59. The Bertz CT molecular complexity index is 538. The van der Waals surface area contributed by atoms with Crippen LogP contribution in [-0.2, 0) is 10.2 Å². The highest BCUT2D eigenvalue weighted by molar-refractivity contribution is 5.89. The zero-order valence-corrected chi connectivity index (χ0v) is 13.6. The number of aliphatic hydroxyl groups is 1. The summed E-state index contributed by atoms with van der Waals surface area (Å²) in [6, 6.07) is 3.44. The van der Waals surface area contributed by atoms with Crippen LogP contribution in [0.25, 0.3) is 0 Å². The molecule has 1 fully saturated rings. The second kappa shape index (κ2) is 7.86. The molecule has 2 N–H and O–H groups in total. The Labute approximate surface area is 136 Å². The maximum atomic E-state index is 14.1. The topological polar surface area (TPSA) is 49.3 Å². The van der Waals surface area contributed by atoms with Crippen LogP contribution in [-0.4, -0.2) is 24.2 Å². The molecule has 23 heavy (non-hydrogen) atoms. The first kappa shape index (κ1) is 17.9. The molecule has 1 unspecified atom stereocenters. The predicted molar refractivity (Wildman–Crippen MR) is 85.0 cm³/mol. The van der Waals surface area contributed by atoms with E-state index >= 15 is 0 Å². The van der Waals surface area contributed by atoms with Gasteiger partial charge in [0.05, 0.1) is 5.41 Å². The van der Waals surface area contributed by atoms with Crippen LogP contribution in [0, 0.1) is 17.6 Å². The molecule has 0 radical (unpaired) electrons. The van der Waals surface area contributed by atoms with E-state index < -0.39 is 17.0 Å². The first-order valence-corrected chi connectivity index (χ1v) is 8.38. The number of hydrogen-bond donors (Lipinski definition) is 2. The Morgan fingerprint density at radius 2 is 2.09 bits per heavy atom. The quantitative estimate of drug-likeness (QED) is 0.770. The Morgan fingerprint density at radius 1 is 1.35 bits per heavy atom. The van der Waals surface area contributed by atoms with Gasteiger partial charge >= 0.3 is 0 Å². The number of carbonyl (C=O) groups excluding carboxylic acids is 1. The molecular weight excluding hydrogens is 300 g/mol. The molecule has 1 aliphatic carbocycles. The molecule has 5 heteroatoms. The smallest absolute Gasteiger partial charge is 0.230 e. The van der Waals surface area contributed by atoms with Gasteiger partial charge in [-0.15, -0.1) is 0 Å². The third-order valence-electron chi connectivity index (χ3n) is 4.87. The summed E-state index contributed by atoms with van der Waals surface area (Å²) in [5.74, 6) is -1.25. The van der Waals surface area contributed by atoms with Crippen molar-refractivity contribution in [2.75, 3.05) is 13.2 Å². The molecule has 128 valence electrons. The molecule has 1 aromatic rings. The Morgan fingerprint density at radius 3 is 2.61 bits per heavy atom. The summed E-state index contributed by atoms with van der Waals surface area (Å²) in [7, 11) is 0. The number of amides is 1. The van der Waals surface area contributed by atoms with Crippen molar-refractivity contribution in [3.63, 3.8) is 0 Å². The molecule has 1 atom stereocenters. The van der Waals surface area contributed by atoms with Gasteiger partial charge in [-0.1, -0.05) is 25.8 Å². The normalized spacial score (nSPS) is 17.4. The van der Waals surface area contributed by atoms with E-state index in [2.05, 4.69) is 12.2 Å². The van der Waals surface area contributed by atoms with Crippen LogP contribution in [0.15, 0.2) is 18.2 Å². The standard InChI is InChI=1S/C18H25F2NO2/c1-2-4-13(7-10-22)12-21-17(23)18(8-3-9-18)15-6-5-14(19)11-16(15)20/h5-6,11,13,22H,2-4,7-10,12H2,1H3,(H,21,23). The number of nitrogens with one attached hydrogen (secondary N) is 1. The van der Waals surface area contributed by atoms with Crippen LogP contribution in [0.4, 0.5) is 8.78 Å². The van der Waals surface area contributed by atoms with Crippen LogP contribution in [0.1, 0.15) is 51.0 Å². The Kier molecular flexibility index (Phi) is 6.10. The highest BCUT2D eigenvalue weighted by Crippen LogP contribution is 2.45. The van der Waals surface area contributed by atoms with E-state index in [1.807, 2.05) is 0 Å². The van der Waals surface area contributed by atoms with Crippen LogP contribution in [0.5, 0.6) is 0 Å². The monoisotopic (exact) mass is 325 g/mol. The molecule has 1 amide bonds. The highest BCUT2D eigenvalue weighted by atomic mass is 19.1. The summed E-state index contributed by atoms with van der Waals surface area (Å²) in [5, 5.41) is 12.0. The van der Waals surface area contributed by atoms with Gasteiger partial charge in [-0.05, 0) is 37.7 Å². The fraction of sp³-hybridized carbons (Fsp3) is 0.611. The van der Waals surface area contributed by atoms with Gasteiger partial charge in [-0.3, -0.25) is 4.79 Å². The van der Waals surface area contributed by atoms with Gasteiger partial charge in [0, 0.05) is 24.8 Å². The van der Waals surface area contributed by atoms with E-state index in [9.17, 15) is 13.6 Å². The molecule has 1 saturated carbocycles. The van der Waals surface area contributed by atoms with Crippen molar-refractivity contribution in [2.24, 2.45) is 5.92 Å². The summed E-state index contributed by atoms with van der Waals surface area (Å²) >= 11 is 0. The van der Waals surface area contributed by atoms with E-state index in [1.54, 1.807) is 0 Å². The minimum atomic E-state index is -0.867. The molecule has 0 bridgehead atoms. The van der Waals surface area contributed by atoms with Crippen molar-refractivity contribution in [2.45, 2.75) is 50.9 Å². The second-order valence-electron chi connectivity index (χ2n) is 6.44. The maximum Gasteiger partial charge on any atom is 0.230 e. The molecular formula is C18H25F2NO2. The van der Waals surface area contributed by atoms with Crippen LogP contribution in [0.2, 0.25) is 0 Å². The fourth-order valence-corrected chi connectivity index (χ4v) is 3.37. The van der Waals surface area contributed by atoms with Gasteiger partial charge in [0.1, 0.15) is 11.6 Å². The van der Waals surface area contributed by atoms with E-state index in [4.69, 9.17) is 5.11 Å². The zero-order valence-electron chi connectivity index (χ0n) is 13.6. The van der Waals surface area contributed by atoms with Crippen molar-refractivity contribution in [1.82, 2.24) is 5.32 Å². The third kappa shape index (κ3) is 3.89. The Balaban J connectivity index is 2.09. The predicted octanol–water partition coefficient (Wildman–Crippen LogP) is 3.30. The molecule has 2 rings (SSSR count). The van der Waals surface area contributed by atoms with Crippen molar-refractivity contribution in [1.29, 1.82) is 0 Å². The molecule has 3 nitrogen and oxygen atoms in total. The number of aliphatic hydroxyl groups excluding tert-OH is 1. The van der Waals surface area contributed by atoms with Crippen molar-refractivity contribution in [3.8, 4) is 0 Å². The molecule has 0 heterocycles. The van der Waals surface area contributed by atoms with Crippen LogP contribution in [0.3, 0.4) is 0 Å². The largest absolute Gasteiger partial charge is 0.396 e. The first-order chi connectivity index (χ1) is 11.0. The lowest BCUT2D eigenvalue weighted by Gasteiger charge is -2.41. The van der Waals surface area contributed by atoms with Crippen molar-refractivity contribution >= 4 is 5.91 Å². The first-order valence-electron chi connectivity index (χ1n) is 8.38. The summed E-state index contributed by atoms with van der Waals surface area (Å²) in [4.78, 5) is 12.7. The molecule has 0 aliphatic heterocycles. The Hall–Kier alpha value is -1.49. The van der Waals surface area contributed by atoms with E-state index in [1.165, 1.54) is 12.1 Å². The van der Waals surface area contributed by atoms with Gasteiger partial charge < -0.3 is 10.4 Å². The van der Waals surface area contributed by atoms with Crippen LogP contribution < -0.4 is 5.32 Å². The lowest BCUT2D eigenvalue weighted by Crippen LogP contribution is -2.50. The number of rotatable bonds is 8. The molecule has 1 aromatic carbocycles. The van der Waals surface area contributed by atoms with E-state index in [0.29, 0.717) is 25.8 Å². The van der Waals surface area contributed by atoms with Gasteiger partial charge in [0.25, 0.3) is 0 Å². The molecule has 0 saturated heterocycles. The lowest BCUT2D eigenvalue weighted by atomic mass is 9.63. The summed E-state index contributed by atoms with van der Waals surface area (Å²) < 4.78 is 27.2. The highest BCUT2D eigenvalue weighted by Gasteiger charge is 2.47. The third-order valence-corrected chi connectivity index (χ3v) is 4.87. The number of carbonyl (C=O) groups is 1. The lowest BCUT2D eigenvalue weighted by molar-refractivity contribution is -0.130.